The van der Waals surface area contributed by atoms with Crippen LogP contribution in [0.1, 0.15) is 79.1 Å². The molecule has 0 unspecified atom stereocenters. The standard InChI is InChI=1S/C24H38N2O4.C2H6/c1-20(2)22(27)16-10-7-13-19-30-24(29)25(3)18-12-6-11-17-23(28)26(4)21-14-8-5-9-15-21;1-2/h5,8-9,14-15,20H,6-7,10-13,16-19H2,1-4H3;1-2H3. The molecule has 0 saturated carbocycles. The first-order valence-electron chi connectivity index (χ1n) is 12.0. The molecular weight excluding hydrogens is 404 g/mol. The average molecular weight is 449 g/mol. The van der Waals surface area contributed by atoms with Crippen LogP contribution < -0.4 is 4.90 Å². The second kappa shape index (κ2) is 18.2. The molecule has 182 valence electrons. The Hall–Kier alpha value is -2.37. The Bertz CT molecular complexity index is 646. The number of ether oxygens (including phenoxy) is 1. The molecule has 32 heavy (non-hydrogen) atoms. The molecule has 1 rings (SSSR count). The summed E-state index contributed by atoms with van der Waals surface area (Å²) in [5, 5.41) is 0. The Kier molecular flexibility index (Phi) is 16.9. The van der Waals surface area contributed by atoms with E-state index in [4.69, 9.17) is 4.74 Å². The highest BCUT2D eigenvalue weighted by atomic mass is 16.6. The number of carbonyl (C=O) groups is 3. The second-order valence-corrected chi connectivity index (χ2v) is 8.07. The van der Waals surface area contributed by atoms with E-state index >= 15 is 0 Å². The van der Waals surface area contributed by atoms with E-state index in [1.165, 1.54) is 0 Å². The predicted octanol–water partition coefficient (Wildman–Crippen LogP) is 6.09. The van der Waals surface area contributed by atoms with Crippen molar-refractivity contribution in [3.63, 3.8) is 0 Å². The van der Waals surface area contributed by atoms with Crippen LogP contribution in [-0.4, -0.2) is 49.9 Å². The number of rotatable bonds is 14. The summed E-state index contributed by atoms with van der Waals surface area (Å²) in [5.41, 5.74) is 0.900. The molecular formula is C26H44N2O4. The Labute approximate surface area is 195 Å². The summed E-state index contributed by atoms with van der Waals surface area (Å²) < 4.78 is 5.28. The number of Topliss-reactive ketones (excluding diaryl/α,β-unsaturated/α-hetero) is 1. The first kappa shape index (κ1) is 29.6. The molecule has 1 aromatic carbocycles. The van der Waals surface area contributed by atoms with Gasteiger partial charge in [0.25, 0.3) is 0 Å². The number of hydrogen-bond acceptors (Lipinski definition) is 4. The van der Waals surface area contributed by atoms with E-state index in [0.29, 0.717) is 31.8 Å². The van der Waals surface area contributed by atoms with Gasteiger partial charge in [-0.25, -0.2) is 4.79 Å². The van der Waals surface area contributed by atoms with Gasteiger partial charge < -0.3 is 14.5 Å². The molecule has 0 aliphatic carbocycles. The monoisotopic (exact) mass is 448 g/mol. The molecule has 6 heteroatoms. The smallest absolute Gasteiger partial charge is 0.409 e. The molecule has 6 nitrogen and oxygen atoms in total. The molecule has 0 aliphatic heterocycles. The molecule has 0 atom stereocenters. The number of nitrogens with zero attached hydrogens (tertiary/aromatic N) is 2. The fourth-order valence-corrected chi connectivity index (χ4v) is 2.99. The predicted molar refractivity (Wildman–Crippen MR) is 132 cm³/mol. The van der Waals surface area contributed by atoms with E-state index < -0.39 is 0 Å². The van der Waals surface area contributed by atoms with Gasteiger partial charge in [0.1, 0.15) is 5.78 Å². The zero-order valence-corrected chi connectivity index (χ0v) is 21.1. The van der Waals surface area contributed by atoms with Crippen LogP contribution in [-0.2, 0) is 14.3 Å². The van der Waals surface area contributed by atoms with Crippen LogP contribution >= 0.6 is 0 Å². The van der Waals surface area contributed by atoms with Crippen molar-refractivity contribution in [3.8, 4) is 0 Å². The molecule has 0 N–H and O–H groups in total. The van der Waals surface area contributed by atoms with E-state index in [9.17, 15) is 14.4 Å². The number of anilines is 1. The topological polar surface area (TPSA) is 66.9 Å². The van der Waals surface area contributed by atoms with Gasteiger partial charge in [0.15, 0.2) is 0 Å². The van der Waals surface area contributed by atoms with Gasteiger partial charge in [-0.3, -0.25) is 9.59 Å². The lowest BCUT2D eigenvalue weighted by Crippen LogP contribution is -2.29. The van der Waals surface area contributed by atoms with E-state index in [1.807, 2.05) is 58.0 Å². The third-order valence-electron chi connectivity index (χ3n) is 5.15. The van der Waals surface area contributed by atoms with Crippen LogP contribution in [0.4, 0.5) is 10.5 Å². The summed E-state index contributed by atoms with van der Waals surface area (Å²) in [6.07, 6.45) is 5.84. The van der Waals surface area contributed by atoms with Crippen molar-refractivity contribution >= 4 is 23.5 Å². The number of amides is 2. The van der Waals surface area contributed by atoms with Crippen molar-refractivity contribution in [2.45, 2.75) is 79.1 Å². The highest BCUT2D eigenvalue weighted by Crippen LogP contribution is 2.13. The van der Waals surface area contributed by atoms with Gasteiger partial charge in [-0.1, -0.05) is 52.3 Å². The number of hydrogen-bond donors (Lipinski definition) is 0. The molecule has 2 amide bonds. The summed E-state index contributed by atoms with van der Waals surface area (Å²) in [5.74, 6) is 0.489. The van der Waals surface area contributed by atoms with Gasteiger partial charge >= 0.3 is 6.09 Å². The highest BCUT2D eigenvalue weighted by molar-refractivity contribution is 5.92. The first-order chi connectivity index (χ1) is 15.3. The van der Waals surface area contributed by atoms with Crippen molar-refractivity contribution in [3.05, 3.63) is 30.3 Å². The molecule has 0 spiro atoms. The van der Waals surface area contributed by atoms with Crippen molar-refractivity contribution in [2.75, 3.05) is 32.1 Å². The normalized spacial score (nSPS) is 10.2. The van der Waals surface area contributed by atoms with Crippen molar-refractivity contribution in [2.24, 2.45) is 5.92 Å². The maximum absolute atomic E-state index is 12.2. The molecule has 1 aromatic rings. The van der Waals surface area contributed by atoms with Gasteiger partial charge in [-0.05, 0) is 44.2 Å². The third kappa shape index (κ3) is 13.1. The van der Waals surface area contributed by atoms with E-state index in [1.54, 1.807) is 23.9 Å². The third-order valence-corrected chi connectivity index (χ3v) is 5.15. The molecule has 0 heterocycles. The minimum absolute atomic E-state index is 0.0966. The lowest BCUT2D eigenvalue weighted by atomic mass is 10.0. The van der Waals surface area contributed by atoms with Crippen molar-refractivity contribution < 1.29 is 19.1 Å². The van der Waals surface area contributed by atoms with Crippen LogP contribution in [0.5, 0.6) is 0 Å². The second-order valence-electron chi connectivity index (χ2n) is 8.07. The highest BCUT2D eigenvalue weighted by Gasteiger charge is 2.12. The van der Waals surface area contributed by atoms with Crippen molar-refractivity contribution in [1.82, 2.24) is 4.90 Å². The Morgan fingerprint density at radius 1 is 0.844 bits per heavy atom. The van der Waals surface area contributed by atoms with Crippen LogP contribution in [0.3, 0.4) is 0 Å². The Balaban J connectivity index is 0.00000466. The van der Waals surface area contributed by atoms with E-state index in [0.717, 1.165) is 44.2 Å². The van der Waals surface area contributed by atoms with Gasteiger partial charge in [0.05, 0.1) is 6.61 Å². The minimum atomic E-state index is -0.312. The first-order valence-corrected chi connectivity index (χ1v) is 12.0. The average Bonchev–Trinajstić information content (AvgIpc) is 2.81. The summed E-state index contributed by atoms with van der Waals surface area (Å²) in [4.78, 5) is 39.0. The largest absolute Gasteiger partial charge is 0.449 e. The van der Waals surface area contributed by atoms with Gasteiger partial charge in [-0.2, -0.15) is 0 Å². The SMILES string of the molecule is CC.CC(C)C(=O)CCCCCOC(=O)N(C)CCCCCC(=O)N(C)c1ccccc1. The number of para-hydroxylation sites is 1. The Morgan fingerprint density at radius 2 is 1.44 bits per heavy atom. The van der Waals surface area contributed by atoms with Crippen LogP contribution in [0.15, 0.2) is 30.3 Å². The molecule has 0 aliphatic rings. The summed E-state index contributed by atoms with van der Waals surface area (Å²) in [6.45, 7) is 8.84. The van der Waals surface area contributed by atoms with E-state index in [2.05, 4.69) is 0 Å². The minimum Gasteiger partial charge on any atom is -0.449 e. The number of unbranched alkanes of at least 4 members (excludes halogenated alkanes) is 4. The molecule has 0 saturated heterocycles. The van der Waals surface area contributed by atoms with Crippen LogP contribution in [0.25, 0.3) is 0 Å². The molecule has 0 bridgehead atoms. The summed E-state index contributed by atoms with van der Waals surface area (Å²) >= 11 is 0. The van der Waals surface area contributed by atoms with Crippen LogP contribution in [0, 0.1) is 5.92 Å². The quantitative estimate of drug-likeness (QED) is 0.323. The zero-order valence-electron chi connectivity index (χ0n) is 21.1. The Morgan fingerprint density at radius 3 is 2.06 bits per heavy atom. The maximum atomic E-state index is 12.2. The maximum Gasteiger partial charge on any atom is 0.409 e. The molecule has 0 fully saturated rings. The summed E-state index contributed by atoms with van der Waals surface area (Å²) in [6, 6.07) is 9.61. The number of benzene rings is 1. The lowest BCUT2D eigenvalue weighted by molar-refractivity contribution is -0.122. The molecule has 0 radical (unpaired) electrons. The lowest BCUT2D eigenvalue weighted by Gasteiger charge is -2.18. The van der Waals surface area contributed by atoms with Crippen LogP contribution in [0.2, 0.25) is 0 Å². The fourth-order valence-electron chi connectivity index (χ4n) is 2.99. The fraction of sp³-hybridized carbons (Fsp3) is 0.654. The van der Waals surface area contributed by atoms with Gasteiger partial charge in [0.2, 0.25) is 5.91 Å². The van der Waals surface area contributed by atoms with Gasteiger partial charge in [-0.15, -0.1) is 0 Å². The summed E-state index contributed by atoms with van der Waals surface area (Å²) in [7, 11) is 3.53. The van der Waals surface area contributed by atoms with Crippen molar-refractivity contribution in [1.29, 1.82) is 0 Å². The number of ketones is 1. The van der Waals surface area contributed by atoms with E-state index in [-0.39, 0.29) is 17.9 Å². The van der Waals surface area contributed by atoms with Gasteiger partial charge in [0, 0.05) is 45.1 Å². The zero-order chi connectivity index (χ0) is 24.4. The number of carbonyl (C=O) groups excluding carboxylic acids is 3. The molecule has 0 aromatic heterocycles.